The summed E-state index contributed by atoms with van der Waals surface area (Å²) in [5.74, 6) is 1.57. The first-order chi connectivity index (χ1) is 14.8. The molecule has 168 valence electrons. The molecule has 0 N–H and O–H groups in total. The Morgan fingerprint density at radius 2 is 1.53 bits per heavy atom. The van der Waals surface area contributed by atoms with Gasteiger partial charge in [-0.1, -0.05) is 34.6 Å². The molecule has 1 aliphatic heterocycles. The zero-order valence-electron chi connectivity index (χ0n) is 19.1. The van der Waals surface area contributed by atoms with E-state index in [0.29, 0.717) is 11.8 Å². The topological polar surface area (TPSA) is 107 Å². The van der Waals surface area contributed by atoms with Crippen LogP contribution in [0.2, 0.25) is 0 Å². The Kier molecular flexibility index (Phi) is 18.9. The minimum atomic E-state index is 0.337. The lowest BCUT2D eigenvalue weighted by molar-refractivity contribution is -0.0987. The second kappa shape index (κ2) is 19.4. The second-order valence-electron chi connectivity index (χ2n) is 4.95. The minimum absolute atomic E-state index is 0.337. The van der Waals surface area contributed by atoms with Crippen LogP contribution in [0.15, 0.2) is 18.5 Å². The van der Waals surface area contributed by atoms with Crippen molar-refractivity contribution < 1.29 is 19.1 Å². The van der Waals surface area contributed by atoms with E-state index in [2.05, 4.69) is 31.8 Å². The van der Waals surface area contributed by atoms with Crippen molar-refractivity contribution in [2.75, 3.05) is 38.3 Å². The Hall–Kier alpha value is -2.94. The summed E-state index contributed by atoms with van der Waals surface area (Å²) in [6, 6.07) is 2.38. The molecule has 0 spiro atoms. The van der Waals surface area contributed by atoms with Crippen molar-refractivity contribution in [3.63, 3.8) is 0 Å². The highest BCUT2D eigenvalue weighted by molar-refractivity contribution is 5.56. The Morgan fingerprint density at radius 3 is 2.00 bits per heavy atom. The first-order valence-electron chi connectivity index (χ1n) is 9.95. The molecule has 1 aliphatic rings. The van der Waals surface area contributed by atoms with Gasteiger partial charge >= 0.3 is 6.01 Å². The van der Waals surface area contributed by atoms with E-state index in [1.54, 1.807) is 19.5 Å². The maximum Gasteiger partial charge on any atom is 0.316 e. The Balaban J connectivity index is 0. The van der Waals surface area contributed by atoms with Gasteiger partial charge < -0.3 is 24.0 Å². The van der Waals surface area contributed by atoms with Crippen LogP contribution in [0.3, 0.4) is 0 Å². The third-order valence-electron chi connectivity index (χ3n) is 3.53. The third-order valence-corrected chi connectivity index (χ3v) is 3.53. The average Bonchev–Trinajstić information content (AvgIpc) is 2.89. The number of aromatic nitrogens is 4. The van der Waals surface area contributed by atoms with Crippen molar-refractivity contribution in [2.24, 2.45) is 0 Å². The lowest BCUT2D eigenvalue weighted by Gasteiger charge is -2.28. The van der Waals surface area contributed by atoms with Crippen LogP contribution in [-0.2, 0) is 20.7 Å². The summed E-state index contributed by atoms with van der Waals surface area (Å²) in [6.07, 6.45) is 4.22. The van der Waals surface area contributed by atoms with Crippen LogP contribution in [0, 0.1) is 0 Å². The van der Waals surface area contributed by atoms with E-state index in [9.17, 15) is 0 Å². The predicted octanol–water partition coefficient (Wildman–Crippen LogP) is 3.02. The summed E-state index contributed by atoms with van der Waals surface area (Å²) < 4.78 is 10.4. The quantitative estimate of drug-likeness (QED) is 0.736. The molecule has 9 nitrogen and oxygen atoms in total. The number of ether oxygens (including phenoxy) is 2. The molecule has 2 aromatic rings. The highest BCUT2D eigenvalue weighted by Gasteiger charge is 2.15. The average molecular weight is 422 g/mol. The van der Waals surface area contributed by atoms with E-state index in [0.717, 1.165) is 49.8 Å². The van der Waals surface area contributed by atoms with Crippen molar-refractivity contribution >= 4 is 19.4 Å². The monoisotopic (exact) mass is 421 g/mol. The first-order valence-corrected chi connectivity index (χ1v) is 9.95. The van der Waals surface area contributed by atoms with Crippen molar-refractivity contribution in [3.05, 3.63) is 24.2 Å². The number of carbonyl (C=O) groups excluding carboxylic acids is 2. The van der Waals surface area contributed by atoms with Crippen LogP contribution >= 0.6 is 0 Å². The summed E-state index contributed by atoms with van der Waals surface area (Å²) in [5, 5.41) is 0. The molecule has 3 heterocycles. The molecule has 0 amide bonds. The summed E-state index contributed by atoms with van der Waals surface area (Å²) in [4.78, 5) is 35.7. The Labute approximate surface area is 179 Å². The Bertz CT molecular complexity index is 663. The second-order valence-corrected chi connectivity index (χ2v) is 4.95. The van der Waals surface area contributed by atoms with E-state index in [1.807, 2.05) is 47.3 Å². The molecule has 1 fully saturated rings. The van der Waals surface area contributed by atoms with E-state index in [-0.39, 0.29) is 0 Å². The van der Waals surface area contributed by atoms with Crippen LogP contribution < -0.4 is 9.64 Å². The number of methoxy groups -OCH3 is 1. The van der Waals surface area contributed by atoms with Crippen LogP contribution in [-0.4, -0.2) is 66.9 Å². The molecular weight excluding hydrogens is 386 g/mol. The molecule has 0 aromatic carbocycles. The van der Waals surface area contributed by atoms with Crippen LogP contribution in [0.4, 0.5) is 5.82 Å². The first kappa shape index (κ1) is 29.3. The van der Waals surface area contributed by atoms with Gasteiger partial charge in [-0.25, -0.2) is 19.9 Å². The van der Waals surface area contributed by atoms with E-state index < -0.39 is 0 Å². The molecule has 3 rings (SSSR count). The van der Waals surface area contributed by atoms with Gasteiger partial charge in [0, 0.05) is 37.2 Å². The van der Waals surface area contributed by atoms with Gasteiger partial charge in [0.2, 0.25) is 0 Å². The maximum absolute atomic E-state index is 8.00. The fourth-order valence-electron chi connectivity index (χ4n) is 2.28. The van der Waals surface area contributed by atoms with Gasteiger partial charge in [-0.05, 0) is 6.42 Å². The molecule has 2 aromatic heterocycles. The highest BCUT2D eigenvalue weighted by Crippen LogP contribution is 2.21. The van der Waals surface area contributed by atoms with E-state index >= 15 is 0 Å². The van der Waals surface area contributed by atoms with Crippen LogP contribution in [0.1, 0.15) is 40.3 Å². The number of aryl methyl sites for hydroxylation is 1. The molecule has 1 saturated heterocycles. The normalized spacial score (nSPS) is 11.6. The Morgan fingerprint density at radius 1 is 1.00 bits per heavy atom. The molecule has 0 bridgehead atoms. The van der Waals surface area contributed by atoms with Gasteiger partial charge in [0.25, 0.3) is 0 Å². The van der Waals surface area contributed by atoms with Crippen molar-refractivity contribution in [1.82, 2.24) is 19.9 Å². The molecule has 0 atom stereocenters. The van der Waals surface area contributed by atoms with Gasteiger partial charge in [0.15, 0.2) is 5.82 Å². The molecule has 0 unspecified atom stereocenters. The molecule has 0 aliphatic carbocycles. The van der Waals surface area contributed by atoms with Gasteiger partial charge in [-0.3, -0.25) is 0 Å². The van der Waals surface area contributed by atoms with E-state index in [4.69, 9.17) is 19.1 Å². The van der Waals surface area contributed by atoms with Gasteiger partial charge in [-0.15, -0.1) is 0 Å². The summed E-state index contributed by atoms with van der Waals surface area (Å²) >= 11 is 0. The number of hydrogen-bond acceptors (Lipinski definition) is 9. The number of rotatable bonds is 4. The molecule has 30 heavy (non-hydrogen) atoms. The van der Waals surface area contributed by atoms with Gasteiger partial charge in [0.05, 0.1) is 25.9 Å². The fraction of sp³-hybridized carbons (Fsp3) is 0.524. The zero-order valence-corrected chi connectivity index (χ0v) is 19.1. The number of nitrogens with zero attached hydrogens (tertiary/aromatic N) is 5. The van der Waals surface area contributed by atoms with Crippen molar-refractivity contribution in [2.45, 2.75) is 41.0 Å². The summed E-state index contributed by atoms with van der Waals surface area (Å²) in [7, 11) is 1.54. The highest BCUT2D eigenvalue weighted by atomic mass is 16.5. The van der Waals surface area contributed by atoms with Crippen LogP contribution in [0.25, 0.3) is 11.4 Å². The lowest BCUT2D eigenvalue weighted by atomic mass is 10.2. The largest absolute Gasteiger partial charge is 0.467 e. The number of carbonyl (C=O) groups is 2. The van der Waals surface area contributed by atoms with Crippen LogP contribution in [0.5, 0.6) is 6.01 Å². The summed E-state index contributed by atoms with van der Waals surface area (Å²) in [6.45, 7) is 17.2. The standard InChI is InChI=1S/C15H19N5O2.2C2H6.2CH2O/c1-3-12-8-13(20-4-6-22-7-5-20)19-14(18-12)11-9-16-15(21-2)17-10-11;4*1-2/h8-10H,3-7H2,1-2H3;2*1-2H3;2*1H2. The molecular formula is C21H35N5O4. The van der Waals surface area contributed by atoms with Gasteiger partial charge in [-0.2, -0.15) is 0 Å². The van der Waals surface area contributed by atoms with Gasteiger partial charge in [0.1, 0.15) is 19.4 Å². The van der Waals surface area contributed by atoms with Crippen molar-refractivity contribution in [3.8, 4) is 17.4 Å². The van der Waals surface area contributed by atoms with Crippen molar-refractivity contribution in [1.29, 1.82) is 0 Å². The predicted molar refractivity (Wildman–Crippen MR) is 119 cm³/mol. The summed E-state index contributed by atoms with van der Waals surface area (Å²) in [5.41, 5.74) is 1.79. The third kappa shape index (κ3) is 9.51. The lowest BCUT2D eigenvalue weighted by Crippen LogP contribution is -2.37. The molecule has 0 saturated carbocycles. The number of morpholine rings is 1. The smallest absolute Gasteiger partial charge is 0.316 e. The molecule has 9 heteroatoms. The number of hydrogen-bond donors (Lipinski definition) is 0. The number of anilines is 1. The SMILES string of the molecule is C=O.C=O.CC.CC.CCc1cc(N2CCOCC2)nc(-c2cnc(OC)nc2)n1. The minimum Gasteiger partial charge on any atom is -0.467 e. The maximum atomic E-state index is 8.00. The molecule has 0 radical (unpaired) electrons. The fourth-order valence-corrected chi connectivity index (χ4v) is 2.28. The zero-order chi connectivity index (χ0) is 23.4. The van der Waals surface area contributed by atoms with E-state index in [1.165, 1.54) is 0 Å².